The normalized spacial score (nSPS) is 10.9. The van der Waals surface area contributed by atoms with Crippen molar-refractivity contribution in [3.63, 3.8) is 0 Å². The molecular weight excluding hydrogens is 351 g/mol. The number of nitrogens with zero attached hydrogens (tertiary/aromatic N) is 4. The van der Waals surface area contributed by atoms with E-state index in [-0.39, 0.29) is 29.9 Å². The predicted molar refractivity (Wildman–Crippen MR) is 95.7 cm³/mol. The summed E-state index contributed by atoms with van der Waals surface area (Å²) in [5, 5.41) is 4.36. The number of rotatable bonds is 6. The molecule has 0 spiro atoms. The smallest absolute Gasteiger partial charge is 0.275 e. The quantitative estimate of drug-likeness (QED) is 0.665. The molecule has 0 unspecified atom stereocenters. The summed E-state index contributed by atoms with van der Waals surface area (Å²) in [6.07, 6.45) is 1.31. The zero-order valence-corrected chi connectivity index (χ0v) is 15.7. The molecule has 2 heterocycles. The van der Waals surface area contributed by atoms with Crippen LogP contribution in [0, 0.1) is 19.7 Å². The third kappa shape index (κ3) is 4.16. The molecule has 0 aliphatic heterocycles. The first-order valence-corrected chi connectivity index (χ1v) is 8.42. The summed E-state index contributed by atoms with van der Waals surface area (Å²) >= 11 is 0. The Hall–Kier alpha value is -3.16. The largest absolute Gasteiger partial charge is 0.484 e. The lowest BCUT2D eigenvalue weighted by Crippen LogP contribution is -2.27. The Kier molecular flexibility index (Phi) is 5.25. The Morgan fingerprint density at radius 2 is 2.00 bits per heavy atom. The minimum atomic E-state index is -0.339. The number of hydrogen-bond donors (Lipinski definition) is 0. The molecule has 0 aliphatic rings. The Morgan fingerprint density at radius 3 is 2.63 bits per heavy atom. The van der Waals surface area contributed by atoms with Crippen LogP contribution in [0.1, 0.15) is 33.3 Å². The molecular formula is C19H21FN4O3. The minimum Gasteiger partial charge on any atom is -0.484 e. The number of carbonyl (C=O) groups excluding carboxylic acids is 1. The third-order valence-electron chi connectivity index (χ3n) is 4.35. The molecule has 3 aromatic rings. The van der Waals surface area contributed by atoms with E-state index in [1.54, 1.807) is 16.6 Å². The van der Waals surface area contributed by atoms with Gasteiger partial charge in [0.15, 0.2) is 12.3 Å². The van der Waals surface area contributed by atoms with Crippen molar-refractivity contribution in [1.82, 2.24) is 19.7 Å². The van der Waals surface area contributed by atoms with Crippen molar-refractivity contribution in [2.45, 2.75) is 27.0 Å². The first kappa shape index (κ1) is 18.6. The molecule has 0 fully saturated rings. The Morgan fingerprint density at radius 1 is 1.30 bits per heavy atom. The number of aryl methyl sites for hydroxylation is 2. The number of amides is 1. The van der Waals surface area contributed by atoms with Crippen LogP contribution in [-0.2, 0) is 20.2 Å². The highest BCUT2D eigenvalue weighted by molar-refractivity contribution is 5.91. The summed E-state index contributed by atoms with van der Waals surface area (Å²) in [5.41, 5.74) is 3.12. The van der Waals surface area contributed by atoms with Gasteiger partial charge in [-0.1, -0.05) is 0 Å². The molecule has 0 aliphatic carbocycles. The molecule has 2 aromatic heterocycles. The zero-order chi connectivity index (χ0) is 19.6. The van der Waals surface area contributed by atoms with Crippen molar-refractivity contribution < 1.29 is 18.3 Å². The molecule has 27 heavy (non-hydrogen) atoms. The van der Waals surface area contributed by atoms with Crippen LogP contribution in [0.15, 0.2) is 34.9 Å². The van der Waals surface area contributed by atoms with Crippen LogP contribution in [-0.4, -0.2) is 32.6 Å². The molecule has 0 saturated heterocycles. The fourth-order valence-electron chi connectivity index (χ4n) is 2.70. The van der Waals surface area contributed by atoms with Crippen molar-refractivity contribution in [1.29, 1.82) is 0 Å². The summed E-state index contributed by atoms with van der Waals surface area (Å²) in [4.78, 5) is 18.3. The van der Waals surface area contributed by atoms with Gasteiger partial charge in [0.2, 0.25) is 5.89 Å². The number of oxazole rings is 1. The lowest BCUT2D eigenvalue weighted by Gasteiger charge is -2.16. The highest BCUT2D eigenvalue weighted by Crippen LogP contribution is 2.17. The van der Waals surface area contributed by atoms with Gasteiger partial charge in [0.25, 0.3) is 5.91 Å². The van der Waals surface area contributed by atoms with E-state index in [0.29, 0.717) is 12.3 Å². The minimum absolute atomic E-state index is 0.0451. The van der Waals surface area contributed by atoms with E-state index < -0.39 is 0 Å². The fourth-order valence-corrected chi connectivity index (χ4v) is 2.70. The molecule has 7 nitrogen and oxygen atoms in total. The maximum absolute atomic E-state index is 12.9. The second-order valence-electron chi connectivity index (χ2n) is 6.30. The standard InChI is InChI=1S/C19H21FN4O3/c1-12-16(13(2)24(4)22-12)9-23(3)19(25)17-10-27-18(21-17)11-26-15-7-5-14(20)6-8-15/h5-8,10H,9,11H2,1-4H3. The molecule has 0 atom stereocenters. The SMILES string of the molecule is Cc1nn(C)c(C)c1CN(C)C(=O)c1coc(COc2ccc(F)cc2)n1. The Balaban J connectivity index is 1.62. The van der Waals surface area contributed by atoms with E-state index >= 15 is 0 Å². The van der Waals surface area contributed by atoms with Crippen LogP contribution in [0.2, 0.25) is 0 Å². The Bertz CT molecular complexity index is 947. The predicted octanol–water partition coefficient (Wildman–Crippen LogP) is 3.02. The topological polar surface area (TPSA) is 73.4 Å². The maximum atomic E-state index is 12.9. The third-order valence-corrected chi connectivity index (χ3v) is 4.35. The van der Waals surface area contributed by atoms with Gasteiger partial charge < -0.3 is 14.1 Å². The van der Waals surface area contributed by atoms with E-state index in [2.05, 4.69) is 10.1 Å². The van der Waals surface area contributed by atoms with Crippen molar-refractivity contribution >= 4 is 5.91 Å². The molecule has 3 rings (SSSR count). The molecule has 1 amide bonds. The van der Waals surface area contributed by atoms with Gasteiger partial charge in [-0.15, -0.1) is 0 Å². The average molecular weight is 372 g/mol. The first-order valence-electron chi connectivity index (χ1n) is 8.42. The lowest BCUT2D eigenvalue weighted by atomic mass is 10.2. The van der Waals surface area contributed by atoms with Crippen LogP contribution < -0.4 is 4.74 Å². The van der Waals surface area contributed by atoms with E-state index in [4.69, 9.17) is 9.15 Å². The number of aromatic nitrogens is 3. The van der Waals surface area contributed by atoms with Gasteiger partial charge in [0, 0.05) is 31.9 Å². The van der Waals surface area contributed by atoms with Gasteiger partial charge in [0.05, 0.1) is 5.69 Å². The van der Waals surface area contributed by atoms with Crippen molar-refractivity contribution in [2.24, 2.45) is 7.05 Å². The molecule has 1 aromatic carbocycles. The number of halogens is 1. The number of ether oxygens (including phenoxy) is 1. The summed E-state index contributed by atoms with van der Waals surface area (Å²) in [6.45, 7) is 4.36. The summed E-state index contributed by atoms with van der Waals surface area (Å²) in [6, 6.07) is 5.63. The van der Waals surface area contributed by atoms with Gasteiger partial charge in [0.1, 0.15) is 17.8 Å². The molecule has 0 saturated carbocycles. The van der Waals surface area contributed by atoms with Crippen LogP contribution in [0.4, 0.5) is 4.39 Å². The van der Waals surface area contributed by atoms with Crippen molar-refractivity contribution in [3.05, 3.63) is 64.9 Å². The zero-order valence-electron chi connectivity index (χ0n) is 15.7. The van der Waals surface area contributed by atoms with Crippen LogP contribution in [0.5, 0.6) is 5.75 Å². The highest BCUT2D eigenvalue weighted by Gasteiger charge is 2.20. The summed E-state index contributed by atoms with van der Waals surface area (Å²) in [5.74, 6) is 0.162. The fraction of sp³-hybridized carbons (Fsp3) is 0.316. The van der Waals surface area contributed by atoms with Crippen molar-refractivity contribution in [3.8, 4) is 5.75 Å². The monoisotopic (exact) mass is 372 g/mol. The molecule has 0 radical (unpaired) electrons. The van der Waals surface area contributed by atoms with Gasteiger partial charge in [-0.05, 0) is 38.1 Å². The number of hydrogen-bond acceptors (Lipinski definition) is 5. The second kappa shape index (κ2) is 7.61. The summed E-state index contributed by atoms with van der Waals surface area (Å²) in [7, 11) is 3.58. The van der Waals surface area contributed by atoms with E-state index in [1.165, 1.54) is 30.5 Å². The van der Waals surface area contributed by atoms with Crippen LogP contribution >= 0.6 is 0 Å². The molecule has 0 bridgehead atoms. The van der Waals surface area contributed by atoms with E-state index in [1.807, 2.05) is 20.9 Å². The van der Waals surface area contributed by atoms with Crippen LogP contribution in [0.25, 0.3) is 0 Å². The van der Waals surface area contributed by atoms with E-state index in [0.717, 1.165) is 17.0 Å². The maximum Gasteiger partial charge on any atom is 0.275 e. The van der Waals surface area contributed by atoms with Gasteiger partial charge in [-0.25, -0.2) is 9.37 Å². The number of carbonyl (C=O) groups is 1. The summed E-state index contributed by atoms with van der Waals surface area (Å²) < 4.78 is 25.5. The van der Waals surface area contributed by atoms with Gasteiger partial charge in [-0.3, -0.25) is 9.48 Å². The Labute approximate surface area is 156 Å². The van der Waals surface area contributed by atoms with Crippen LogP contribution in [0.3, 0.4) is 0 Å². The second-order valence-corrected chi connectivity index (χ2v) is 6.30. The van der Waals surface area contributed by atoms with Crippen molar-refractivity contribution in [2.75, 3.05) is 7.05 Å². The highest BCUT2D eigenvalue weighted by atomic mass is 19.1. The lowest BCUT2D eigenvalue weighted by molar-refractivity contribution is 0.0778. The average Bonchev–Trinajstić information content (AvgIpc) is 3.21. The van der Waals surface area contributed by atoms with Gasteiger partial charge >= 0.3 is 0 Å². The molecule has 0 N–H and O–H groups in total. The molecule has 142 valence electrons. The number of benzene rings is 1. The van der Waals surface area contributed by atoms with E-state index in [9.17, 15) is 9.18 Å². The molecule has 8 heteroatoms. The first-order chi connectivity index (χ1) is 12.8. The van der Waals surface area contributed by atoms with Gasteiger partial charge in [-0.2, -0.15) is 5.10 Å².